The molecule has 2 N–H and O–H groups in total. The molecule has 28 heavy (non-hydrogen) atoms. The van der Waals surface area contributed by atoms with Crippen molar-refractivity contribution in [3.05, 3.63) is 40.2 Å². The van der Waals surface area contributed by atoms with Crippen LogP contribution in [0.4, 0.5) is 0 Å². The number of nitrogens with zero attached hydrogens (tertiary/aromatic N) is 3. The second-order valence-electron chi connectivity index (χ2n) is 5.99. The minimum absolute atomic E-state index is 0.0974. The SMILES string of the molecule is COc1ccc(-c2nnc(-c3cc(Cl)c(C4C[S+]([O-])N(C)C(=N)N4)s3)o2)cc1. The van der Waals surface area contributed by atoms with Gasteiger partial charge in [0.2, 0.25) is 11.9 Å². The highest BCUT2D eigenvalue weighted by molar-refractivity contribution is 7.89. The number of rotatable bonds is 4. The van der Waals surface area contributed by atoms with Gasteiger partial charge in [-0.1, -0.05) is 11.6 Å². The van der Waals surface area contributed by atoms with Gasteiger partial charge in [0.15, 0.2) is 5.75 Å². The first-order valence-corrected chi connectivity index (χ1v) is 10.7. The number of benzene rings is 1. The second kappa shape index (κ2) is 7.63. The van der Waals surface area contributed by atoms with Crippen LogP contribution < -0.4 is 10.1 Å². The van der Waals surface area contributed by atoms with E-state index in [-0.39, 0.29) is 12.0 Å². The molecule has 4 rings (SSSR count). The molecule has 1 aromatic carbocycles. The van der Waals surface area contributed by atoms with Crippen LogP contribution in [0.2, 0.25) is 5.02 Å². The first kappa shape index (κ1) is 19.1. The highest BCUT2D eigenvalue weighted by Gasteiger charge is 2.34. The van der Waals surface area contributed by atoms with E-state index >= 15 is 0 Å². The van der Waals surface area contributed by atoms with Crippen molar-refractivity contribution in [1.82, 2.24) is 19.8 Å². The molecule has 1 saturated heterocycles. The summed E-state index contributed by atoms with van der Waals surface area (Å²) in [5, 5.41) is 19.7. The normalized spacial score (nSPS) is 19.6. The Labute approximate surface area is 173 Å². The zero-order valence-electron chi connectivity index (χ0n) is 14.9. The molecule has 0 spiro atoms. The molecule has 0 saturated carbocycles. The molecule has 2 aromatic heterocycles. The molecule has 146 valence electrons. The molecule has 3 heterocycles. The number of halogens is 1. The summed E-state index contributed by atoms with van der Waals surface area (Å²) in [6.07, 6.45) is 0. The van der Waals surface area contributed by atoms with Crippen LogP contribution in [0.15, 0.2) is 34.7 Å². The predicted molar refractivity (Wildman–Crippen MR) is 109 cm³/mol. The van der Waals surface area contributed by atoms with Crippen LogP contribution in [-0.4, -0.2) is 44.9 Å². The number of hydrogen-bond donors (Lipinski definition) is 2. The lowest BCUT2D eigenvalue weighted by atomic mass is 10.2. The maximum atomic E-state index is 12.2. The Kier molecular flexibility index (Phi) is 5.19. The molecular weight excluding hydrogens is 422 g/mol. The predicted octanol–water partition coefficient (Wildman–Crippen LogP) is 3.30. The van der Waals surface area contributed by atoms with Gasteiger partial charge < -0.3 is 19.0 Å². The fourth-order valence-corrected chi connectivity index (χ4v) is 5.26. The van der Waals surface area contributed by atoms with Gasteiger partial charge in [-0.25, -0.2) is 0 Å². The Morgan fingerprint density at radius 1 is 1.36 bits per heavy atom. The van der Waals surface area contributed by atoms with Crippen LogP contribution in [0.25, 0.3) is 22.2 Å². The first-order valence-electron chi connectivity index (χ1n) is 8.21. The summed E-state index contributed by atoms with van der Waals surface area (Å²) < 4.78 is 24.5. The summed E-state index contributed by atoms with van der Waals surface area (Å²) in [5.74, 6) is 1.92. The maximum absolute atomic E-state index is 12.2. The fourth-order valence-electron chi connectivity index (χ4n) is 2.69. The number of thiophene rings is 1. The summed E-state index contributed by atoms with van der Waals surface area (Å²) in [4.78, 5) is 1.50. The highest BCUT2D eigenvalue weighted by Crippen LogP contribution is 2.39. The van der Waals surface area contributed by atoms with Gasteiger partial charge in [-0.15, -0.1) is 21.5 Å². The lowest BCUT2D eigenvalue weighted by molar-refractivity contribution is 0.415. The Balaban J connectivity index is 1.58. The fraction of sp³-hybridized carbons (Fsp3) is 0.235. The van der Waals surface area contributed by atoms with Crippen molar-refractivity contribution >= 4 is 40.3 Å². The van der Waals surface area contributed by atoms with Gasteiger partial charge in [0, 0.05) is 5.56 Å². The minimum atomic E-state index is -1.28. The summed E-state index contributed by atoms with van der Waals surface area (Å²) in [6.45, 7) is 0. The van der Waals surface area contributed by atoms with Crippen molar-refractivity contribution in [3.63, 3.8) is 0 Å². The van der Waals surface area contributed by atoms with E-state index in [9.17, 15) is 4.55 Å². The van der Waals surface area contributed by atoms with Crippen LogP contribution in [0.5, 0.6) is 5.75 Å². The standard InChI is InChI=1S/C17H16ClN5O3S2/c1-23-17(19)20-12(8-28(23)24)14-11(18)7-13(27-14)16-22-21-15(26-16)9-3-5-10(25-2)6-4-9/h3-7,12H,8H2,1-2H3,(H2,19,20). The van der Waals surface area contributed by atoms with Gasteiger partial charge in [-0.05, 0) is 30.3 Å². The summed E-state index contributed by atoms with van der Waals surface area (Å²) in [5.41, 5.74) is 0.781. The van der Waals surface area contributed by atoms with E-state index in [1.165, 1.54) is 15.6 Å². The molecule has 2 atom stereocenters. The van der Waals surface area contributed by atoms with Crippen LogP contribution in [0, 0.1) is 5.41 Å². The quantitative estimate of drug-likeness (QED) is 0.602. The average Bonchev–Trinajstić information content (AvgIpc) is 3.33. The Bertz CT molecular complexity index is 1010. The topological polar surface area (TPSA) is 110 Å². The Morgan fingerprint density at radius 3 is 2.75 bits per heavy atom. The van der Waals surface area contributed by atoms with E-state index in [0.29, 0.717) is 27.4 Å². The number of hydrogen-bond acceptors (Lipinski definition) is 7. The highest BCUT2D eigenvalue weighted by atomic mass is 35.5. The van der Waals surface area contributed by atoms with E-state index in [1.54, 1.807) is 20.2 Å². The minimum Gasteiger partial charge on any atom is -0.593 e. The van der Waals surface area contributed by atoms with Crippen LogP contribution >= 0.6 is 22.9 Å². The van der Waals surface area contributed by atoms with Crippen molar-refractivity contribution in [2.75, 3.05) is 19.9 Å². The number of ether oxygens (including phenoxy) is 1. The van der Waals surface area contributed by atoms with Gasteiger partial charge >= 0.3 is 0 Å². The average molecular weight is 438 g/mol. The van der Waals surface area contributed by atoms with Gasteiger partial charge in [-0.3, -0.25) is 5.41 Å². The molecular formula is C17H16ClN5O3S2. The lowest BCUT2D eigenvalue weighted by Crippen LogP contribution is -2.51. The van der Waals surface area contributed by atoms with Crippen LogP contribution in [0.1, 0.15) is 10.9 Å². The monoisotopic (exact) mass is 437 g/mol. The Morgan fingerprint density at radius 2 is 2.07 bits per heavy atom. The summed E-state index contributed by atoms with van der Waals surface area (Å²) >= 11 is 6.50. The molecule has 0 radical (unpaired) electrons. The molecule has 3 aromatic rings. The number of nitrogens with one attached hydrogen (secondary N) is 2. The summed E-state index contributed by atoms with van der Waals surface area (Å²) in [7, 11) is 3.22. The third-order valence-electron chi connectivity index (χ3n) is 4.24. The second-order valence-corrected chi connectivity index (χ2v) is 9.01. The van der Waals surface area contributed by atoms with E-state index in [0.717, 1.165) is 16.2 Å². The van der Waals surface area contributed by atoms with E-state index in [1.807, 2.05) is 24.3 Å². The smallest absolute Gasteiger partial charge is 0.258 e. The van der Waals surface area contributed by atoms with Crippen LogP contribution in [-0.2, 0) is 11.4 Å². The number of aromatic nitrogens is 2. The molecule has 8 nitrogen and oxygen atoms in total. The summed E-state index contributed by atoms with van der Waals surface area (Å²) in [6, 6.07) is 8.76. The van der Waals surface area contributed by atoms with Crippen molar-refractivity contribution in [2.24, 2.45) is 0 Å². The molecule has 1 aliphatic rings. The molecule has 1 fully saturated rings. The van der Waals surface area contributed by atoms with E-state index in [4.69, 9.17) is 26.2 Å². The van der Waals surface area contributed by atoms with Crippen molar-refractivity contribution in [1.29, 1.82) is 5.41 Å². The lowest BCUT2D eigenvalue weighted by Gasteiger charge is -2.32. The molecule has 1 aliphatic heterocycles. The van der Waals surface area contributed by atoms with Crippen molar-refractivity contribution in [3.8, 4) is 28.0 Å². The molecule has 0 bridgehead atoms. The molecule has 11 heteroatoms. The van der Waals surface area contributed by atoms with E-state index in [2.05, 4.69) is 15.5 Å². The van der Waals surface area contributed by atoms with Crippen molar-refractivity contribution in [2.45, 2.75) is 6.04 Å². The van der Waals surface area contributed by atoms with Crippen molar-refractivity contribution < 1.29 is 13.7 Å². The number of guanidine groups is 1. The van der Waals surface area contributed by atoms with Gasteiger partial charge in [0.1, 0.15) is 11.8 Å². The third-order valence-corrected chi connectivity index (χ3v) is 7.32. The molecule has 0 amide bonds. The zero-order valence-corrected chi connectivity index (χ0v) is 17.3. The molecule has 0 aliphatic carbocycles. The van der Waals surface area contributed by atoms with Gasteiger partial charge in [0.25, 0.3) is 5.89 Å². The third kappa shape index (κ3) is 3.55. The molecule has 2 unspecified atom stereocenters. The zero-order chi connectivity index (χ0) is 19.8. The largest absolute Gasteiger partial charge is 0.593 e. The van der Waals surface area contributed by atoms with E-state index < -0.39 is 11.4 Å². The maximum Gasteiger partial charge on any atom is 0.258 e. The first-order chi connectivity index (χ1) is 13.5. The number of methoxy groups -OCH3 is 1. The Hall–Kier alpha value is -2.27. The van der Waals surface area contributed by atoms with Gasteiger partial charge in [-0.2, -0.15) is 4.31 Å². The van der Waals surface area contributed by atoms with Crippen LogP contribution in [0.3, 0.4) is 0 Å². The van der Waals surface area contributed by atoms with Gasteiger partial charge in [0.05, 0.1) is 40.3 Å².